The Balaban J connectivity index is 1.64. The number of anilines is 1. The zero-order chi connectivity index (χ0) is 20.6. The molecule has 0 saturated carbocycles. The zero-order valence-corrected chi connectivity index (χ0v) is 16.9. The number of aryl methyl sites for hydroxylation is 1. The third-order valence-electron chi connectivity index (χ3n) is 4.78. The minimum absolute atomic E-state index is 0.106. The highest BCUT2D eigenvalue weighted by molar-refractivity contribution is 6.13. The van der Waals surface area contributed by atoms with Crippen molar-refractivity contribution in [2.75, 3.05) is 18.9 Å². The Morgan fingerprint density at radius 1 is 0.828 bits per heavy atom. The molecule has 0 aliphatic heterocycles. The summed E-state index contributed by atoms with van der Waals surface area (Å²) in [7, 11) is 1.91. The molecule has 1 amide bonds. The second-order valence-corrected chi connectivity index (χ2v) is 7.13. The van der Waals surface area contributed by atoms with Crippen molar-refractivity contribution < 1.29 is 9.59 Å². The quantitative estimate of drug-likeness (QED) is 0.578. The zero-order valence-electron chi connectivity index (χ0n) is 16.9. The third kappa shape index (κ3) is 5.62. The largest absolute Gasteiger partial charge is 0.324 e. The van der Waals surface area contributed by atoms with Crippen molar-refractivity contribution in [1.29, 1.82) is 0 Å². The Labute approximate surface area is 172 Å². The Hall–Kier alpha value is -3.24. The molecule has 29 heavy (non-hydrogen) atoms. The summed E-state index contributed by atoms with van der Waals surface area (Å²) in [6, 6.07) is 24.6. The van der Waals surface area contributed by atoms with Crippen molar-refractivity contribution >= 4 is 17.4 Å². The van der Waals surface area contributed by atoms with Crippen LogP contribution < -0.4 is 5.32 Å². The first-order chi connectivity index (χ1) is 14.1. The van der Waals surface area contributed by atoms with Gasteiger partial charge in [0.2, 0.25) is 5.91 Å². The van der Waals surface area contributed by atoms with Gasteiger partial charge in [-0.1, -0.05) is 73.7 Å². The van der Waals surface area contributed by atoms with Gasteiger partial charge in [0.05, 0.1) is 12.2 Å². The van der Waals surface area contributed by atoms with Gasteiger partial charge >= 0.3 is 0 Å². The van der Waals surface area contributed by atoms with Gasteiger partial charge in [0.25, 0.3) is 0 Å². The van der Waals surface area contributed by atoms with Crippen LogP contribution in [-0.4, -0.2) is 30.2 Å². The van der Waals surface area contributed by atoms with Crippen LogP contribution in [0.3, 0.4) is 0 Å². The van der Waals surface area contributed by atoms with E-state index in [2.05, 4.69) is 36.5 Å². The molecule has 0 heterocycles. The van der Waals surface area contributed by atoms with Crippen molar-refractivity contribution in [3.8, 4) is 0 Å². The lowest BCUT2D eigenvalue weighted by atomic mass is 10.0. The first kappa shape index (κ1) is 20.5. The van der Waals surface area contributed by atoms with Crippen LogP contribution in [0, 0.1) is 0 Å². The van der Waals surface area contributed by atoms with E-state index in [1.165, 1.54) is 5.56 Å². The smallest absolute Gasteiger partial charge is 0.238 e. The van der Waals surface area contributed by atoms with Crippen LogP contribution in [-0.2, 0) is 17.8 Å². The van der Waals surface area contributed by atoms with Crippen molar-refractivity contribution in [2.24, 2.45) is 0 Å². The van der Waals surface area contributed by atoms with Crippen LogP contribution >= 0.6 is 0 Å². The van der Waals surface area contributed by atoms with E-state index in [4.69, 9.17) is 0 Å². The van der Waals surface area contributed by atoms with Gasteiger partial charge < -0.3 is 5.32 Å². The van der Waals surface area contributed by atoms with Crippen molar-refractivity contribution in [1.82, 2.24) is 4.90 Å². The van der Waals surface area contributed by atoms with E-state index in [1.807, 2.05) is 36.2 Å². The number of nitrogens with one attached hydrogen (secondary N) is 1. The van der Waals surface area contributed by atoms with Crippen LogP contribution in [0.2, 0.25) is 0 Å². The van der Waals surface area contributed by atoms with E-state index in [0.717, 1.165) is 12.0 Å². The summed E-state index contributed by atoms with van der Waals surface area (Å²) in [5.41, 5.74) is 4.09. The lowest BCUT2D eigenvalue weighted by Gasteiger charge is -2.17. The van der Waals surface area contributed by atoms with Crippen molar-refractivity contribution in [2.45, 2.75) is 19.9 Å². The molecule has 0 aromatic heterocycles. The molecule has 3 aromatic carbocycles. The second-order valence-electron chi connectivity index (χ2n) is 7.13. The van der Waals surface area contributed by atoms with Crippen molar-refractivity contribution in [3.05, 3.63) is 101 Å². The molecule has 1 N–H and O–H groups in total. The first-order valence-corrected chi connectivity index (χ1v) is 9.82. The van der Waals surface area contributed by atoms with Gasteiger partial charge in [-0.2, -0.15) is 0 Å². The van der Waals surface area contributed by atoms with E-state index >= 15 is 0 Å². The first-order valence-electron chi connectivity index (χ1n) is 9.82. The molecule has 0 aliphatic rings. The van der Waals surface area contributed by atoms with E-state index in [-0.39, 0.29) is 18.2 Å². The van der Waals surface area contributed by atoms with E-state index in [0.29, 0.717) is 23.4 Å². The van der Waals surface area contributed by atoms with Crippen LogP contribution in [0.25, 0.3) is 0 Å². The molecule has 0 fully saturated rings. The predicted molar refractivity (Wildman–Crippen MR) is 117 cm³/mol. The van der Waals surface area contributed by atoms with Crippen LogP contribution in [0.1, 0.15) is 34.0 Å². The van der Waals surface area contributed by atoms with E-state index in [1.54, 1.807) is 30.3 Å². The van der Waals surface area contributed by atoms with Crippen LogP contribution in [0.4, 0.5) is 5.69 Å². The minimum Gasteiger partial charge on any atom is -0.324 e. The molecule has 0 radical (unpaired) electrons. The SMILES string of the molecule is CCc1ccc(CN(C)CC(=O)Nc2ccccc2C(=O)c2ccccc2)cc1. The fourth-order valence-electron chi connectivity index (χ4n) is 3.22. The molecular weight excluding hydrogens is 360 g/mol. The molecule has 4 heteroatoms. The van der Waals surface area contributed by atoms with Gasteiger partial charge in [0.1, 0.15) is 0 Å². The number of nitrogens with zero attached hydrogens (tertiary/aromatic N) is 1. The van der Waals surface area contributed by atoms with E-state index < -0.39 is 0 Å². The number of carbonyl (C=O) groups is 2. The molecule has 0 saturated heterocycles. The molecule has 4 nitrogen and oxygen atoms in total. The van der Waals surface area contributed by atoms with Gasteiger partial charge in [-0.25, -0.2) is 0 Å². The van der Waals surface area contributed by atoms with Crippen LogP contribution in [0.15, 0.2) is 78.9 Å². The van der Waals surface area contributed by atoms with Gasteiger partial charge in [-0.3, -0.25) is 14.5 Å². The molecule has 0 unspecified atom stereocenters. The highest BCUT2D eigenvalue weighted by atomic mass is 16.2. The fourth-order valence-corrected chi connectivity index (χ4v) is 3.22. The lowest BCUT2D eigenvalue weighted by molar-refractivity contribution is -0.117. The normalized spacial score (nSPS) is 10.7. The van der Waals surface area contributed by atoms with E-state index in [9.17, 15) is 9.59 Å². The number of para-hydroxylation sites is 1. The Kier molecular flexibility index (Phi) is 6.93. The van der Waals surface area contributed by atoms with Crippen LogP contribution in [0.5, 0.6) is 0 Å². The summed E-state index contributed by atoms with van der Waals surface area (Å²) in [5, 5.41) is 2.89. The average molecular weight is 386 g/mol. The monoisotopic (exact) mass is 386 g/mol. The maximum atomic E-state index is 12.8. The molecule has 148 valence electrons. The Morgan fingerprint density at radius 2 is 1.45 bits per heavy atom. The summed E-state index contributed by atoms with van der Waals surface area (Å²) in [6.45, 7) is 3.05. The summed E-state index contributed by atoms with van der Waals surface area (Å²) in [6.07, 6.45) is 1.01. The number of ketones is 1. The molecule has 0 spiro atoms. The van der Waals surface area contributed by atoms with Gasteiger partial charge in [0, 0.05) is 17.7 Å². The molecule has 0 aliphatic carbocycles. The molecular formula is C25H26N2O2. The second kappa shape index (κ2) is 9.80. The standard InChI is InChI=1S/C25H26N2O2/c1-3-19-13-15-20(16-14-19)17-27(2)18-24(28)26-23-12-8-7-11-22(23)25(29)21-9-5-4-6-10-21/h4-16H,3,17-18H2,1-2H3,(H,26,28). The highest BCUT2D eigenvalue weighted by Gasteiger charge is 2.15. The Bertz CT molecular complexity index is 966. The predicted octanol–water partition coefficient (Wildman–Crippen LogP) is 4.55. The maximum Gasteiger partial charge on any atom is 0.238 e. The number of amides is 1. The molecule has 3 rings (SSSR count). The van der Waals surface area contributed by atoms with Gasteiger partial charge in [-0.05, 0) is 36.7 Å². The Morgan fingerprint density at radius 3 is 2.14 bits per heavy atom. The number of carbonyl (C=O) groups excluding carboxylic acids is 2. The molecule has 3 aromatic rings. The fraction of sp³-hybridized carbons (Fsp3) is 0.200. The number of hydrogen-bond donors (Lipinski definition) is 1. The van der Waals surface area contributed by atoms with Gasteiger partial charge in [-0.15, -0.1) is 0 Å². The lowest BCUT2D eigenvalue weighted by Crippen LogP contribution is -2.30. The number of benzene rings is 3. The number of likely N-dealkylation sites (N-methyl/N-ethyl adjacent to an activating group) is 1. The highest BCUT2D eigenvalue weighted by Crippen LogP contribution is 2.19. The number of hydrogen-bond acceptors (Lipinski definition) is 3. The summed E-state index contributed by atoms with van der Waals surface area (Å²) in [5.74, 6) is -0.253. The van der Waals surface area contributed by atoms with Crippen molar-refractivity contribution in [3.63, 3.8) is 0 Å². The summed E-state index contributed by atoms with van der Waals surface area (Å²) in [4.78, 5) is 27.3. The molecule has 0 atom stereocenters. The average Bonchev–Trinajstić information content (AvgIpc) is 2.74. The summed E-state index contributed by atoms with van der Waals surface area (Å²) >= 11 is 0. The van der Waals surface area contributed by atoms with Gasteiger partial charge in [0.15, 0.2) is 5.78 Å². The maximum absolute atomic E-state index is 12.8. The molecule has 0 bridgehead atoms. The number of rotatable bonds is 8. The summed E-state index contributed by atoms with van der Waals surface area (Å²) < 4.78 is 0. The minimum atomic E-state index is -0.147. The third-order valence-corrected chi connectivity index (χ3v) is 4.78. The topological polar surface area (TPSA) is 49.4 Å².